The van der Waals surface area contributed by atoms with E-state index in [-0.39, 0.29) is 0 Å². The van der Waals surface area contributed by atoms with Crippen LogP contribution in [-0.2, 0) is 0 Å². The first-order valence-corrected chi connectivity index (χ1v) is 14.2. The Morgan fingerprint density at radius 3 is 1.48 bits per heavy atom. The molecule has 1 aromatic carbocycles. The molecule has 0 N–H and O–H groups in total. The molecule has 0 saturated heterocycles. The SMILES string of the molecule is ClC(Cl)(Cl)CCCCCPC(PCCCCCC(Cl)(Cl)Cl)c1ccccc1. The third kappa shape index (κ3) is 16.2. The van der Waals surface area contributed by atoms with Gasteiger partial charge < -0.3 is 0 Å². The molecule has 0 radical (unpaired) electrons. The van der Waals surface area contributed by atoms with Gasteiger partial charge in [0.05, 0.1) is 0 Å². The highest BCUT2D eigenvalue weighted by atomic mass is 35.6. The molecule has 8 heteroatoms. The summed E-state index contributed by atoms with van der Waals surface area (Å²) in [5, 5.41) is 0.674. The monoisotopic (exact) mass is 528 g/mol. The van der Waals surface area contributed by atoms with E-state index in [9.17, 15) is 0 Å². The fourth-order valence-electron chi connectivity index (χ4n) is 2.70. The smallest absolute Gasteiger partial charge is 0.110 e. The second-order valence-electron chi connectivity index (χ2n) is 6.60. The molecule has 27 heavy (non-hydrogen) atoms. The van der Waals surface area contributed by atoms with Crippen molar-refractivity contribution in [3.8, 4) is 0 Å². The quantitative estimate of drug-likeness (QED) is 0.135. The molecule has 0 nitrogen and oxygen atoms in total. The number of hydrogen-bond acceptors (Lipinski definition) is 0. The zero-order chi connectivity index (χ0) is 20.2. The molecule has 0 aliphatic heterocycles. The van der Waals surface area contributed by atoms with E-state index < -0.39 is 7.59 Å². The van der Waals surface area contributed by atoms with Crippen molar-refractivity contribution >= 4 is 86.8 Å². The number of rotatable bonds is 13. The second kappa shape index (κ2) is 14.8. The first-order valence-electron chi connectivity index (χ1n) is 9.32. The van der Waals surface area contributed by atoms with Crippen molar-refractivity contribution in [1.29, 1.82) is 0 Å². The topological polar surface area (TPSA) is 0 Å². The number of halogens is 6. The summed E-state index contributed by atoms with van der Waals surface area (Å²) in [4.78, 5) is 0. The fourth-order valence-corrected chi connectivity index (χ4v) is 7.29. The summed E-state index contributed by atoms with van der Waals surface area (Å²) in [7, 11) is 1.90. The van der Waals surface area contributed by atoms with Gasteiger partial charge in [0.25, 0.3) is 0 Å². The summed E-state index contributed by atoms with van der Waals surface area (Å²) in [6, 6.07) is 10.9. The lowest BCUT2D eigenvalue weighted by Gasteiger charge is -2.18. The van der Waals surface area contributed by atoms with E-state index in [4.69, 9.17) is 69.6 Å². The van der Waals surface area contributed by atoms with Crippen LogP contribution in [0.2, 0.25) is 0 Å². The van der Waals surface area contributed by atoms with E-state index in [1.54, 1.807) is 0 Å². The zero-order valence-corrected chi connectivity index (χ0v) is 21.8. The Bertz CT molecular complexity index is 461. The van der Waals surface area contributed by atoms with Gasteiger partial charge in [-0.25, -0.2) is 0 Å². The molecule has 0 saturated carbocycles. The van der Waals surface area contributed by atoms with E-state index in [1.807, 2.05) is 0 Å². The summed E-state index contributed by atoms with van der Waals surface area (Å²) < 4.78 is -2.21. The van der Waals surface area contributed by atoms with Crippen molar-refractivity contribution in [2.75, 3.05) is 12.3 Å². The lowest BCUT2D eigenvalue weighted by atomic mass is 10.2. The normalized spacial score (nSPS) is 14.6. The zero-order valence-electron chi connectivity index (χ0n) is 15.3. The standard InChI is InChI=1S/C19H28Cl6P2/c20-18(21,22)12-6-2-8-14-26-17(16-10-4-1-5-11-16)27-15-9-3-7-13-19(23,24)25/h1,4-5,10-11,17,26-27H,2-3,6-9,12-15H2. The Kier molecular flexibility index (Phi) is 14.7. The van der Waals surface area contributed by atoms with E-state index in [1.165, 1.54) is 30.7 Å². The van der Waals surface area contributed by atoms with Gasteiger partial charge in [-0.2, -0.15) is 0 Å². The fraction of sp³-hybridized carbons (Fsp3) is 0.684. The third-order valence-electron chi connectivity index (χ3n) is 4.10. The van der Waals surface area contributed by atoms with Crippen LogP contribution in [0.3, 0.4) is 0 Å². The van der Waals surface area contributed by atoms with Crippen LogP contribution >= 0.6 is 86.8 Å². The van der Waals surface area contributed by atoms with Crippen LogP contribution in [0, 0.1) is 0 Å². The first kappa shape index (κ1) is 26.9. The third-order valence-corrected chi connectivity index (χ3v) is 9.23. The van der Waals surface area contributed by atoms with E-state index in [0.29, 0.717) is 18.2 Å². The highest BCUT2D eigenvalue weighted by Crippen LogP contribution is 2.49. The van der Waals surface area contributed by atoms with Crippen LogP contribution < -0.4 is 0 Å². The molecule has 0 bridgehead atoms. The van der Waals surface area contributed by atoms with Crippen LogP contribution in [-0.4, -0.2) is 19.9 Å². The molecule has 0 aliphatic carbocycles. The molecule has 0 amide bonds. The van der Waals surface area contributed by atoms with Gasteiger partial charge in [-0.1, -0.05) is 113 Å². The van der Waals surface area contributed by atoms with Crippen LogP contribution in [0.4, 0.5) is 0 Å². The van der Waals surface area contributed by atoms with Crippen molar-refractivity contribution < 1.29 is 0 Å². The lowest BCUT2D eigenvalue weighted by molar-refractivity contribution is 0.679. The minimum Gasteiger partial charge on any atom is -0.110 e. The Morgan fingerprint density at radius 2 is 1.07 bits per heavy atom. The van der Waals surface area contributed by atoms with Gasteiger partial charge >= 0.3 is 0 Å². The molecule has 0 aromatic heterocycles. The molecular weight excluding hydrogens is 503 g/mol. The van der Waals surface area contributed by atoms with Gasteiger partial charge in [0.2, 0.25) is 0 Å². The molecule has 2 atom stereocenters. The summed E-state index contributed by atoms with van der Waals surface area (Å²) >= 11 is 34.8. The van der Waals surface area contributed by atoms with Crippen molar-refractivity contribution in [1.82, 2.24) is 0 Å². The second-order valence-corrected chi connectivity index (χ2v) is 15.2. The van der Waals surface area contributed by atoms with Crippen molar-refractivity contribution in [2.45, 2.75) is 64.4 Å². The molecule has 0 fully saturated rings. The predicted octanol–water partition coefficient (Wildman–Crippen LogP) is 9.90. The van der Waals surface area contributed by atoms with E-state index in [2.05, 4.69) is 30.3 Å². The average Bonchev–Trinajstić information content (AvgIpc) is 2.58. The minimum atomic E-state index is -1.10. The van der Waals surface area contributed by atoms with Gasteiger partial charge in [-0.3, -0.25) is 0 Å². The summed E-state index contributed by atoms with van der Waals surface area (Å²) in [5.41, 5.74) is 1.47. The molecule has 1 aromatic rings. The van der Waals surface area contributed by atoms with Gasteiger partial charge in [0.1, 0.15) is 0 Å². The molecule has 2 unspecified atom stereocenters. The summed E-state index contributed by atoms with van der Waals surface area (Å²) in [5.74, 6) is 0. The Balaban J connectivity index is 2.28. The van der Waals surface area contributed by atoms with Crippen molar-refractivity contribution in [2.24, 2.45) is 0 Å². The maximum atomic E-state index is 5.81. The number of hydrogen-bond donors (Lipinski definition) is 0. The highest BCUT2D eigenvalue weighted by molar-refractivity contribution is 7.56. The Morgan fingerprint density at radius 1 is 0.630 bits per heavy atom. The summed E-state index contributed by atoms with van der Waals surface area (Å²) in [6.45, 7) is 0. The molecule has 0 aliphatic rings. The van der Waals surface area contributed by atoms with E-state index >= 15 is 0 Å². The summed E-state index contributed by atoms with van der Waals surface area (Å²) in [6.07, 6.45) is 10.4. The largest absolute Gasteiger partial charge is 0.190 e. The van der Waals surface area contributed by atoms with Gasteiger partial charge in [-0.15, -0.1) is 17.2 Å². The van der Waals surface area contributed by atoms with Crippen LogP contribution in [0.25, 0.3) is 0 Å². The number of benzene rings is 1. The molecule has 0 heterocycles. The number of alkyl halides is 6. The molecule has 1 rings (SSSR count). The van der Waals surface area contributed by atoms with Gasteiger partial charge in [0, 0.05) is 5.40 Å². The van der Waals surface area contributed by atoms with Crippen LogP contribution in [0.1, 0.15) is 62.3 Å². The molecule has 0 spiro atoms. The van der Waals surface area contributed by atoms with Gasteiger partial charge in [0.15, 0.2) is 7.59 Å². The lowest BCUT2D eigenvalue weighted by Crippen LogP contribution is -2.01. The maximum Gasteiger partial charge on any atom is 0.190 e. The minimum absolute atomic E-state index is 0.638. The Hall–Kier alpha value is 1.82. The molecular formula is C19H28Cl6P2. The average molecular weight is 531 g/mol. The maximum absolute atomic E-state index is 5.81. The number of unbranched alkanes of at least 4 members (excludes halogenated alkanes) is 4. The predicted molar refractivity (Wildman–Crippen MR) is 133 cm³/mol. The van der Waals surface area contributed by atoms with Crippen LogP contribution in [0.15, 0.2) is 30.3 Å². The van der Waals surface area contributed by atoms with Crippen molar-refractivity contribution in [3.63, 3.8) is 0 Å². The van der Waals surface area contributed by atoms with Crippen molar-refractivity contribution in [3.05, 3.63) is 35.9 Å². The first-order chi connectivity index (χ1) is 12.7. The highest BCUT2D eigenvalue weighted by Gasteiger charge is 2.19. The van der Waals surface area contributed by atoms with Crippen LogP contribution in [0.5, 0.6) is 0 Å². The van der Waals surface area contributed by atoms with E-state index in [0.717, 1.165) is 42.8 Å². The Labute approximate surface area is 198 Å². The van der Waals surface area contributed by atoms with Gasteiger partial charge in [-0.05, 0) is 56.4 Å². The molecule has 156 valence electrons.